The average Bonchev–Trinajstić information content (AvgIpc) is 3.28. The van der Waals surface area contributed by atoms with Gasteiger partial charge in [0.15, 0.2) is 0 Å². The van der Waals surface area contributed by atoms with Crippen LogP contribution in [0.2, 0.25) is 0 Å². The normalized spacial score (nSPS) is 11.9. The highest BCUT2D eigenvalue weighted by atomic mass is 32.1. The number of rotatable bonds is 5. The second-order valence-electron chi connectivity index (χ2n) is 6.40. The van der Waals surface area contributed by atoms with Crippen molar-refractivity contribution < 1.29 is 17.9 Å². The first kappa shape index (κ1) is 18.6. The van der Waals surface area contributed by atoms with Gasteiger partial charge in [0.25, 0.3) is 0 Å². The number of aryl methyl sites for hydroxylation is 1. The summed E-state index contributed by atoms with van der Waals surface area (Å²) >= 11 is 1.49. The minimum Gasteiger partial charge on any atom is -0.493 e. The lowest BCUT2D eigenvalue weighted by molar-refractivity contribution is -0.137. The van der Waals surface area contributed by atoms with Crippen LogP contribution in [0.3, 0.4) is 0 Å². The molecule has 3 nitrogen and oxygen atoms in total. The SMILES string of the molecule is Cc1nc(-c2ccc(C(F)(F)F)cc2)sc1CCOc1cccc2[nH]ccc12. The third kappa shape index (κ3) is 3.75. The molecular formula is C21H17F3N2OS. The van der Waals surface area contributed by atoms with Crippen molar-refractivity contribution in [2.75, 3.05) is 6.61 Å². The van der Waals surface area contributed by atoms with E-state index in [2.05, 4.69) is 9.97 Å². The molecule has 0 unspecified atom stereocenters. The van der Waals surface area contributed by atoms with Crippen LogP contribution in [0.4, 0.5) is 13.2 Å². The molecule has 0 radical (unpaired) electrons. The number of H-pyrrole nitrogens is 1. The Labute approximate surface area is 163 Å². The van der Waals surface area contributed by atoms with Gasteiger partial charge in [-0.1, -0.05) is 18.2 Å². The molecule has 0 bridgehead atoms. The first-order valence-electron chi connectivity index (χ1n) is 8.74. The molecule has 0 aliphatic heterocycles. The second kappa shape index (κ2) is 7.31. The number of aromatic nitrogens is 2. The molecule has 7 heteroatoms. The van der Waals surface area contributed by atoms with Crippen LogP contribution in [0.15, 0.2) is 54.7 Å². The summed E-state index contributed by atoms with van der Waals surface area (Å²) in [6.45, 7) is 2.41. The van der Waals surface area contributed by atoms with Crippen LogP contribution >= 0.6 is 11.3 Å². The largest absolute Gasteiger partial charge is 0.493 e. The van der Waals surface area contributed by atoms with E-state index in [9.17, 15) is 13.2 Å². The zero-order valence-electron chi connectivity index (χ0n) is 15.0. The number of hydrogen-bond acceptors (Lipinski definition) is 3. The maximum atomic E-state index is 12.7. The molecule has 0 atom stereocenters. The first-order chi connectivity index (χ1) is 13.4. The minimum atomic E-state index is -4.33. The number of fused-ring (bicyclic) bond motifs is 1. The Morgan fingerprint density at radius 1 is 1.07 bits per heavy atom. The maximum Gasteiger partial charge on any atom is 0.416 e. The van der Waals surface area contributed by atoms with E-state index in [0.29, 0.717) is 23.6 Å². The average molecular weight is 402 g/mol. The van der Waals surface area contributed by atoms with Gasteiger partial charge in [0, 0.05) is 34.0 Å². The molecule has 0 saturated heterocycles. The van der Waals surface area contributed by atoms with E-state index in [1.807, 2.05) is 37.4 Å². The highest BCUT2D eigenvalue weighted by Gasteiger charge is 2.30. The molecular weight excluding hydrogens is 385 g/mol. The van der Waals surface area contributed by atoms with Gasteiger partial charge in [-0.15, -0.1) is 11.3 Å². The Morgan fingerprint density at radius 2 is 1.86 bits per heavy atom. The van der Waals surface area contributed by atoms with E-state index >= 15 is 0 Å². The monoisotopic (exact) mass is 402 g/mol. The minimum absolute atomic E-state index is 0.500. The van der Waals surface area contributed by atoms with Crippen LogP contribution in [0, 0.1) is 6.92 Å². The van der Waals surface area contributed by atoms with E-state index in [4.69, 9.17) is 4.74 Å². The number of nitrogens with zero attached hydrogens (tertiary/aromatic N) is 1. The fraction of sp³-hybridized carbons (Fsp3) is 0.190. The summed E-state index contributed by atoms with van der Waals surface area (Å²) in [4.78, 5) is 8.74. The molecule has 2 aromatic carbocycles. The van der Waals surface area contributed by atoms with Crippen LogP contribution in [-0.2, 0) is 12.6 Å². The van der Waals surface area contributed by atoms with Gasteiger partial charge in [0.1, 0.15) is 10.8 Å². The highest BCUT2D eigenvalue weighted by molar-refractivity contribution is 7.15. The molecule has 0 fully saturated rings. The number of thiazole rings is 1. The molecule has 144 valence electrons. The Kier molecular flexibility index (Phi) is 4.85. The van der Waals surface area contributed by atoms with Crippen LogP contribution in [-0.4, -0.2) is 16.6 Å². The van der Waals surface area contributed by atoms with Crippen molar-refractivity contribution in [1.29, 1.82) is 0 Å². The summed E-state index contributed by atoms with van der Waals surface area (Å²) in [6.07, 6.45) is -1.77. The zero-order valence-corrected chi connectivity index (χ0v) is 15.8. The van der Waals surface area contributed by atoms with Gasteiger partial charge in [-0.25, -0.2) is 4.98 Å². The lowest BCUT2D eigenvalue weighted by Crippen LogP contribution is -2.03. The third-order valence-electron chi connectivity index (χ3n) is 4.49. The number of aromatic amines is 1. The number of hydrogen-bond donors (Lipinski definition) is 1. The molecule has 4 rings (SSSR count). The summed E-state index contributed by atoms with van der Waals surface area (Å²) < 4.78 is 44.1. The second-order valence-corrected chi connectivity index (χ2v) is 7.48. The summed E-state index contributed by atoms with van der Waals surface area (Å²) in [5.41, 5.74) is 1.93. The van der Waals surface area contributed by atoms with Crippen LogP contribution in [0.1, 0.15) is 16.1 Å². The topological polar surface area (TPSA) is 37.9 Å². The van der Waals surface area contributed by atoms with Gasteiger partial charge < -0.3 is 9.72 Å². The number of alkyl halides is 3. The van der Waals surface area contributed by atoms with Crippen LogP contribution in [0.5, 0.6) is 5.75 Å². The Hall–Kier alpha value is -2.80. The lowest BCUT2D eigenvalue weighted by Gasteiger charge is -2.07. The smallest absolute Gasteiger partial charge is 0.416 e. The Bertz CT molecular complexity index is 1100. The van der Waals surface area contributed by atoms with Crippen LogP contribution < -0.4 is 4.74 Å². The van der Waals surface area contributed by atoms with E-state index < -0.39 is 11.7 Å². The van der Waals surface area contributed by atoms with Crippen molar-refractivity contribution in [1.82, 2.24) is 9.97 Å². The van der Waals surface area contributed by atoms with Crippen molar-refractivity contribution in [3.05, 3.63) is 70.9 Å². The van der Waals surface area contributed by atoms with E-state index in [0.717, 1.165) is 39.4 Å². The molecule has 0 saturated carbocycles. The molecule has 0 spiro atoms. The number of ether oxygens (including phenoxy) is 1. The fourth-order valence-corrected chi connectivity index (χ4v) is 4.07. The molecule has 1 N–H and O–H groups in total. The number of nitrogens with one attached hydrogen (secondary N) is 1. The van der Waals surface area contributed by atoms with Crippen molar-refractivity contribution in [2.45, 2.75) is 19.5 Å². The molecule has 28 heavy (non-hydrogen) atoms. The Morgan fingerprint density at radius 3 is 2.61 bits per heavy atom. The quantitative estimate of drug-likeness (QED) is 0.429. The van der Waals surface area contributed by atoms with Gasteiger partial charge in [-0.3, -0.25) is 0 Å². The molecule has 0 amide bonds. The molecule has 2 aromatic heterocycles. The predicted molar refractivity (Wildman–Crippen MR) is 105 cm³/mol. The van der Waals surface area contributed by atoms with Crippen molar-refractivity contribution in [2.24, 2.45) is 0 Å². The molecule has 0 aliphatic carbocycles. The van der Waals surface area contributed by atoms with Gasteiger partial charge in [0.05, 0.1) is 17.9 Å². The number of benzene rings is 2. The van der Waals surface area contributed by atoms with E-state index in [-0.39, 0.29) is 0 Å². The van der Waals surface area contributed by atoms with Crippen LogP contribution in [0.25, 0.3) is 21.5 Å². The van der Waals surface area contributed by atoms with E-state index in [1.54, 1.807) is 0 Å². The molecule has 0 aliphatic rings. The zero-order chi connectivity index (χ0) is 19.7. The van der Waals surface area contributed by atoms with Crippen molar-refractivity contribution >= 4 is 22.2 Å². The third-order valence-corrected chi connectivity index (χ3v) is 5.76. The van der Waals surface area contributed by atoms with E-state index in [1.165, 1.54) is 23.5 Å². The van der Waals surface area contributed by atoms with Gasteiger partial charge in [-0.05, 0) is 37.3 Å². The molecule has 4 aromatic rings. The summed E-state index contributed by atoms with van der Waals surface area (Å²) in [6, 6.07) is 13.0. The fourth-order valence-electron chi connectivity index (χ4n) is 3.02. The highest BCUT2D eigenvalue weighted by Crippen LogP contribution is 2.33. The Balaban J connectivity index is 1.45. The van der Waals surface area contributed by atoms with Gasteiger partial charge in [0.2, 0.25) is 0 Å². The van der Waals surface area contributed by atoms with Gasteiger partial charge in [-0.2, -0.15) is 13.2 Å². The first-order valence-corrected chi connectivity index (χ1v) is 9.56. The number of halogens is 3. The van der Waals surface area contributed by atoms with Gasteiger partial charge >= 0.3 is 6.18 Å². The van der Waals surface area contributed by atoms with Crippen molar-refractivity contribution in [3.8, 4) is 16.3 Å². The lowest BCUT2D eigenvalue weighted by atomic mass is 10.1. The molecule has 2 heterocycles. The summed E-state index contributed by atoms with van der Waals surface area (Å²) in [7, 11) is 0. The standard InChI is InChI=1S/C21H17F3N2OS/c1-13-19(10-12-27-18-4-2-3-17-16(18)9-11-25-17)28-20(26-13)14-5-7-15(8-6-14)21(22,23)24/h2-9,11,25H,10,12H2,1H3. The summed E-state index contributed by atoms with van der Waals surface area (Å²) in [5, 5.41) is 1.75. The van der Waals surface area contributed by atoms with Crippen molar-refractivity contribution in [3.63, 3.8) is 0 Å². The summed E-state index contributed by atoms with van der Waals surface area (Å²) in [5.74, 6) is 0.823. The maximum absolute atomic E-state index is 12.7. The predicted octanol–water partition coefficient (Wildman–Crippen LogP) is 6.24.